The van der Waals surface area contributed by atoms with Crippen LogP contribution in [0.4, 0.5) is 5.95 Å². The molecule has 1 fully saturated rings. The molecule has 0 amide bonds. The summed E-state index contributed by atoms with van der Waals surface area (Å²) in [4.78, 5) is 9.18. The quantitative estimate of drug-likeness (QED) is 0.488. The van der Waals surface area contributed by atoms with Crippen LogP contribution in [0.25, 0.3) is 5.65 Å². The van der Waals surface area contributed by atoms with Gasteiger partial charge in [0.15, 0.2) is 5.65 Å². The molecule has 11 heteroatoms. The summed E-state index contributed by atoms with van der Waals surface area (Å²) in [6.07, 6.45) is 4.79. The molecule has 4 rings (SSSR count). The maximum Gasteiger partial charge on any atom is 0.322 e. The normalized spacial score (nSPS) is 16.9. The van der Waals surface area contributed by atoms with Crippen LogP contribution in [0.15, 0.2) is 30.5 Å². The fourth-order valence-electron chi connectivity index (χ4n) is 3.59. The molecule has 0 aliphatic carbocycles. The monoisotopic (exact) mass is 460 g/mol. The standard InChI is InChI=1S/C21H28N6O4S/c1-14(2)17-13-24-27-19(17)25-21(30-16-8-6-10-22-12-16)26-20(27)23-11-15-7-4-5-9-18(15)31-32(3,28)29/h4-5,7,9,13-14,16,22H,6,8,10-12H2,1-3H3,(H,23,25,26). The number of hydrogen-bond acceptors (Lipinski definition) is 9. The van der Waals surface area contributed by atoms with Crippen molar-refractivity contribution in [2.24, 2.45) is 0 Å². The summed E-state index contributed by atoms with van der Waals surface area (Å²) in [6.45, 7) is 6.18. The Morgan fingerprint density at radius 2 is 2.09 bits per heavy atom. The van der Waals surface area contributed by atoms with Gasteiger partial charge in [-0.05, 0) is 31.4 Å². The van der Waals surface area contributed by atoms with Gasteiger partial charge in [0.1, 0.15) is 11.9 Å². The van der Waals surface area contributed by atoms with E-state index < -0.39 is 10.1 Å². The number of hydrogen-bond donors (Lipinski definition) is 2. The Morgan fingerprint density at radius 1 is 1.28 bits per heavy atom. The lowest BCUT2D eigenvalue weighted by molar-refractivity contribution is 0.153. The molecule has 3 aromatic rings. The molecular weight excluding hydrogens is 432 g/mol. The van der Waals surface area contributed by atoms with Crippen molar-refractivity contribution in [3.05, 3.63) is 41.6 Å². The first-order chi connectivity index (χ1) is 15.3. The lowest BCUT2D eigenvalue weighted by atomic mass is 10.1. The van der Waals surface area contributed by atoms with Crippen molar-refractivity contribution < 1.29 is 17.3 Å². The van der Waals surface area contributed by atoms with Gasteiger partial charge in [-0.15, -0.1) is 0 Å². The van der Waals surface area contributed by atoms with Crippen molar-refractivity contribution in [2.45, 2.75) is 45.3 Å². The van der Waals surface area contributed by atoms with Crippen molar-refractivity contribution in [1.29, 1.82) is 0 Å². The largest absolute Gasteiger partial charge is 0.459 e. The number of fused-ring (bicyclic) bond motifs is 1. The Kier molecular flexibility index (Phi) is 6.47. The van der Waals surface area contributed by atoms with Crippen LogP contribution in [0.5, 0.6) is 11.8 Å². The molecule has 172 valence electrons. The lowest BCUT2D eigenvalue weighted by Gasteiger charge is -2.23. The molecule has 32 heavy (non-hydrogen) atoms. The summed E-state index contributed by atoms with van der Waals surface area (Å²) in [5.41, 5.74) is 2.33. The average molecular weight is 461 g/mol. The summed E-state index contributed by atoms with van der Waals surface area (Å²) >= 11 is 0. The third-order valence-corrected chi connectivity index (χ3v) is 5.65. The van der Waals surface area contributed by atoms with Gasteiger partial charge in [-0.1, -0.05) is 32.0 Å². The Labute approximate surface area is 187 Å². The Bertz CT molecular complexity index is 1190. The van der Waals surface area contributed by atoms with E-state index in [0.717, 1.165) is 37.8 Å². The number of nitrogens with zero attached hydrogens (tertiary/aromatic N) is 4. The maximum absolute atomic E-state index is 11.6. The highest BCUT2D eigenvalue weighted by Crippen LogP contribution is 2.25. The molecule has 1 unspecified atom stereocenters. The third kappa shape index (κ3) is 5.28. The van der Waals surface area contributed by atoms with Crippen molar-refractivity contribution >= 4 is 21.7 Å². The molecule has 1 atom stereocenters. The summed E-state index contributed by atoms with van der Waals surface area (Å²) in [6, 6.07) is 7.23. The molecule has 1 saturated heterocycles. The van der Waals surface area contributed by atoms with Crippen molar-refractivity contribution in [2.75, 3.05) is 24.7 Å². The van der Waals surface area contributed by atoms with Gasteiger partial charge in [-0.2, -0.15) is 28.0 Å². The second-order valence-corrected chi connectivity index (χ2v) is 9.73. The minimum atomic E-state index is -3.64. The van der Waals surface area contributed by atoms with Crippen LogP contribution >= 0.6 is 0 Å². The Hall–Kier alpha value is -2.92. The van der Waals surface area contributed by atoms with Gasteiger partial charge in [0, 0.05) is 24.2 Å². The lowest BCUT2D eigenvalue weighted by Crippen LogP contribution is -2.37. The number of ether oxygens (including phenoxy) is 1. The van der Waals surface area contributed by atoms with Gasteiger partial charge in [-0.25, -0.2) is 0 Å². The molecule has 0 bridgehead atoms. The zero-order valence-corrected chi connectivity index (χ0v) is 19.2. The second-order valence-electron chi connectivity index (χ2n) is 8.15. The minimum Gasteiger partial charge on any atom is -0.459 e. The summed E-state index contributed by atoms with van der Waals surface area (Å²) in [5.74, 6) is 0.944. The van der Waals surface area contributed by atoms with Crippen molar-refractivity contribution in [3.63, 3.8) is 0 Å². The summed E-state index contributed by atoms with van der Waals surface area (Å²) in [5, 5.41) is 11.0. The van der Waals surface area contributed by atoms with E-state index in [4.69, 9.17) is 8.92 Å². The molecule has 1 aliphatic heterocycles. The van der Waals surface area contributed by atoms with Gasteiger partial charge in [0.25, 0.3) is 0 Å². The zero-order chi connectivity index (χ0) is 22.7. The van der Waals surface area contributed by atoms with E-state index in [9.17, 15) is 8.42 Å². The van der Waals surface area contributed by atoms with Crippen LogP contribution in [-0.4, -0.2) is 53.4 Å². The fraction of sp³-hybridized carbons (Fsp3) is 0.476. The van der Waals surface area contributed by atoms with E-state index in [1.165, 1.54) is 0 Å². The highest BCUT2D eigenvalue weighted by Gasteiger charge is 2.20. The fourth-order valence-corrected chi connectivity index (χ4v) is 4.08. The third-order valence-electron chi connectivity index (χ3n) is 5.17. The second kappa shape index (κ2) is 9.29. The Morgan fingerprint density at radius 3 is 2.81 bits per heavy atom. The summed E-state index contributed by atoms with van der Waals surface area (Å²) < 4.78 is 36.0. The highest BCUT2D eigenvalue weighted by atomic mass is 32.2. The predicted octanol–water partition coefficient (Wildman–Crippen LogP) is 2.33. The molecule has 10 nitrogen and oxygen atoms in total. The van der Waals surface area contributed by atoms with Crippen LogP contribution < -0.4 is 19.6 Å². The van der Waals surface area contributed by atoms with Crippen molar-refractivity contribution in [3.8, 4) is 11.8 Å². The van der Waals surface area contributed by atoms with Gasteiger partial charge in [0.2, 0.25) is 5.95 Å². The highest BCUT2D eigenvalue weighted by molar-refractivity contribution is 7.86. The van der Waals surface area contributed by atoms with Gasteiger partial charge < -0.3 is 19.6 Å². The first-order valence-electron chi connectivity index (χ1n) is 10.6. The first-order valence-corrected chi connectivity index (χ1v) is 12.5. The van der Waals surface area contributed by atoms with E-state index in [0.29, 0.717) is 17.2 Å². The maximum atomic E-state index is 11.6. The number of nitrogens with one attached hydrogen (secondary N) is 2. The van der Waals surface area contributed by atoms with Gasteiger partial charge in [0.05, 0.1) is 12.5 Å². The number of anilines is 1. The SMILES string of the molecule is CC(C)c1cnn2c(NCc3ccccc3OS(C)(=O)=O)nc(OC3CCCNC3)nc12. The molecule has 0 radical (unpaired) electrons. The molecule has 0 saturated carbocycles. The van der Waals surface area contributed by atoms with Crippen molar-refractivity contribution in [1.82, 2.24) is 24.9 Å². The Balaban J connectivity index is 1.64. The smallest absolute Gasteiger partial charge is 0.322 e. The molecule has 1 aromatic carbocycles. The van der Waals surface area contributed by atoms with Crippen LogP contribution in [-0.2, 0) is 16.7 Å². The molecule has 0 spiro atoms. The van der Waals surface area contributed by atoms with E-state index >= 15 is 0 Å². The molecular formula is C21H28N6O4S. The molecule has 1 aliphatic rings. The number of aromatic nitrogens is 4. The van der Waals surface area contributed by atoms with Gasteiger partial charge >= 0.3 is 16.1 Å². The number of benzene rings is 1. The first kappa shape index (κ1) is 22.3. The van der Waals surface area contributed by atoms with E-state index in [1.54, 1.807) is 28.9 Å². The topological polar surface area (TPSA) is 120 Å². The van der Waals surface area contributed by atoms with Crippen LogP contribution in [0.3, 0.4) is 0 Å². The predicted molar refractivity (Wildman–Crippen MR) is 121 cm³/mol. The zero-order valence-electron chi connectivity index (χ0n) is 18.4. The van der Waals surface area contributed by atoms with Crippen LogP contribution in [0, 0.1) is 0 Å². The number of rotatable bonds is 8. The molecule has 3 heterocycles. The summed E-state index contributed by atoms with van der Waals surface area (Å²) in [7, 11) is -3.64. The molecule has 2 N–H and O–H groups in total. The number of piperidine rings is 1. The van der Waals surface area contributed by atoms with Crippen LogP contribution in [0.2, 0.25) is 0 Å². The van der Waals surface area contributed by atoms with Gasteiger partial charge in [-0.3, -0.25) is 0 Å². The molecule has 2 aromatic heterocycles. The number of para-hydroxylation sites is 1. The van der Waals surface area contributed by atoms with E-state index in [1.807, 2.05) is 6.07 Å². The van der Waals surface area contributed by atoms with E-state index in [-0.39, 0.29) is 30.3 Å². The average Bonchev–Trinajstić information content (AvgIpc) is 3.17. The van der Waals surface area contributed by atoms with Crippen LogP contribution in [0.1, 0.15) is 43.7 Å². The minimum absolute atomic E-state index is 0.00774. The van der Waals surface area contributed by atoms with E-state index in [2.05, 4.69) is 39.5 Å².